The number of halogens is 1. The van der Waals surface area contributed by atoms with Gasteiger partial charge in [0.25, 0.3) is 5.91 Å². The minimum atomic E-state index is -0.276. The van der Waals surface area contributed by atoms with Crippen LogP contribution < -0.4 is 5.32 Å². The number of anilines is 1. The Balaban J connectivity index is 2.18. The van der Waals surface area contributed by atoms with Crippen LogP contribution in [0.3, 0.4) is 0 Å². The molecule has 0 spiro atoms. The average Bonchev–Trinajstić information content (AvgIpc) is 2.42. The first kappa shape index (κ1) is 13.1. The molecule has 1 N–H and O–H groups in total. The van der Waals surface area contributed by atoms with E-state index in [-0.39, 0.29) is 11.6 Å². The fraction of sp³-hybridized carbons (Fsp3) is 0.0714. The molecule has 0 saturated carbocycles. The highest BCUT2D eigenvalue weighted by molar-refractivity contribution is 6.30. The molecule has 0 atom stereocenters. The van der Waals surface area contributed by atoms with Gasteiger partial charge in [0.15, 0.2) is 0 Å². The summed E-state index contributed by atoms with van der Waals surface area (Å²) in [6, 6.07) is 10.2. The van der Waals surface area contributed by atoms with Crippen molar-refractivity contribution in [2.24, 2.45) is 0 Å². The Labute approximate surface area is 115 Å². The van der Waals surface area contributed by atoms with Gasteiger partial charge < -0.3 is 5.32 Å². The first-order chi connectivity index (χ1) is 9.10. The molecule has 1 aromatic carbocycles. The molecule has 0 aliphatic carbocycles. The Kier molecular flexibility index (Phi) is 3.79. The van der Waals surface area contributed by atoms with Gasteiger partial charge in [0, 0.05) is 16.9 Å². The van der Waals surface area contributed by atoms with Crippen LogP contribution in [0.4, 0.5) is 5.69 Å². The summed E-state index contributed by atoms with van der Waals surface area (Å²) in [6.07, 6.45) is 1.37. The van der Waals surface area contributed by atoms with E-state index in [1.165, 1.54) is 12.3 Å². The minimum absolute atomic E-state index is 0.276. The third-order valence-electron chi connectivity index (χ3n) is 2.58. The summed E-state index contributed by atoms with van der Waals surface area (Å²) in [5, 5.41) is 12.0. The van der Waals surface area contributed by atoms with Crippen LogP contribution in [0, 0.1) is 18.3 Å². The lowest BCUT2D eigenvalue weighted by Gasteiger charge is -2.08. The van der Waals surface area contributed by atoms with Gasteiger partial charge in [-0.1, -0.05) is 11.6 Å². The summed E-state index contributed by atoms with van der Waals surface area (Å²) in [5.74, 6) is -0.276. The highest BCUT2D eigenvalue weighted by Gasteiger charge is 2.08. The molecular formula is C14H10ClN3O. The molecule has 0 fully saturated rings. The normalized spacial score (nSPS) is 9.74. The van der Waals surface area contributed by atoms with Crippen LogP contribution in [0.15, 0.2) is 36.5 Å². The summed E-state index contributed by atoms with van der Waals surface area (Å²) in [7, 11) is 0. The molecule has 94 valence electrons. The Bertz CT molecular complexity index is 659. The molecule has 1 heterocycles. The van der Waals surface area contributed by atoms with Crippen LogP contribution in [0.25, 0.3) is 0 Å². The Hall–Kier alpha value is -2.38. The molecule has 1 aromatic heterocycles. The molecule has 0 aliphatic rings. The summed E-state index contributed by atoms with van der Waals surface area (Å²) in [6.45, 7) is 1.86. The number of hydrogen-bond donors (Lipinski definition) is 1. The number of amides is 1. The SMILES string of the molecule is Cc1cc(Cl)ccc1NC(=O)c1ccc(C#N)nc1. The molecule has 0 bridgehead atoms. The van der Waals surface area contributed by atoms with Gasteiger partial charge in [-0.05, 0) is 42.8 Å². The maximum absolute atomic E-state index is 12.0. The molecule has 0 aliphatic heterocycles. The number of rotatable bonds is 2. The lowest BCUT2D eigenvalue weighted by molar-refractivity contribution is 0.102. The number of nitrogens with zero attached hydrogens (tertiary/aromatic N) is 2. The Morgan fingerprint density at radius 1 is 1.37 bits per heavy atom. The van der Waals surface area contributed by atoms with Crippen molar-refractivity contribution >= 4 is 23.2 Å². The molecular weight excluding hydrogens is 262 g/mol. The molecule has 0 saturated heterocycles. The number of pyridine rings is 1. The van der Waals surface area contributed by atoms with Crippen LogP contribution >= 0.6 is 11.6 Å². The second kappa shape index (κ2) is 5.51. The molecule has 1 amide bonds. The number of nitriles is 1. The topological polar surface area (TPSA) is 65.8 Å². The number of aromatic nitrogens is 1. The van der Waals surface area contributed by atoms with Crippen molar-refractivity contribution in [3.05, 3.63) is 58.4 Å². The van der Waals surface area contributed by atoms with Crippen LogP contribution in [0.2, 0.25) is 5.02 Å². The number of carbonyl (C=O) groups excluding carboxylic acids is 1. The summed E-state index contributed by atoms with van der Waals surface area (Å²) >= 11 is 5.85. The van der Waals surface area contributed by atoms with Gasteiger partial charge in [-0.25, -0.2) is 4.98 Å². The monoisotopic (exact) mass is 271 g/mol. The van der Waals surface area contributed by atoms with E-state index < -0.39 is 0 Å². The van der Waals surface area contributed by atoms with Crippen molar-refractivity contribution in [1.82, 2.24) is 4.98 Å². The zero-order valence-corrected chi connectivity index (χ0v) is 10.9. The van der Waals surface area contributed by atoms with Gasteiger partial charge in [-0.3, -0.25) is 4.79 Å². The summed E-state index contributed by atoms with van der Waals surface area (Å²) < 4.78 is 0. The molecule has 5 heteroatoms. The van der Waals surface area contributed by atoms with Gasteiger partial charge in [-0.15, -0.1) is 0 Å². The smallest absolute Gasteiger partial charge is 0.257 e. The van der Waals surface area contributed by atoms with Crippen molar-refractivity contribution in [3.8, 4) is 6.07 Å². The van der Waals surface area contributed by atoms with E-state index in [4.69, 9.17) is 16.9 Å². The lowest BCUT2D eigenvalue weighted by Crippen LogP contribution is -2.13. The fourth-order valence-corrected chi connectivity index (χ4v) is 1.78. The van der Waals surface area contributed by atoms with E-state index in [2.05, 4.69) is 10.3 Å². The van der Waals surface area contributed by atoms with Crippen molar-refractivity contribution in [2.75, 3.05) is 5.32 Å². The van der Waals surface area contributed by atoms with Crippen LogP contribution in [0.1, 0.15) is 21.6 Å². The predicted octanol–water partition coefficient (Wildman–Crippen LogP) is 3.17. The van der Waals surface area contributed by atoms with Gasteiger partial charge >= 0.3 is 0 Å². The Morgan fingerprint density at radius 2 is 2.16 bits per heavy atom. The maximum Gasteiger partial charge on any atom is 0.257 e. The third-order valence-corrected chi connectivity index (χ3v) is 2.81. The third kappa shape index (κ3) is 3.09. The second-order valence-corrected chi connectivity index (χ2v) is 4.39. The second-order valence-electron chi connectivity index (χ2n) is 3.96. The van der Waals surface area contributed by atoms with E-state index >= 15 is 0 Å². The van der Waals surface area contributed by atoms with Crippen molar-refractivity contribution in [3.63, 3.8) is 0 Å². The van der Waals surface area contributed by atoms with Crippen molar-refractivity contribution in [2.45, 2.75) is 6.92 Å². The zero-order valence-electron chi connectivity index (χ0n) is 10.1. The number of hydrogen-bond acceptors (Lipinski definition) is 3. The van der Waals surface area contributed by atoms with E-state index in [0.29, 0.717) is 16.3 Å². The van der Waals surface area contributed by atoms with Crippen LogP contribution in [-0.2, 0) is 0 Å². The highest BCUT2D eigenvalue weighted by Crippen LogP contribution is 2.20. The van der Waals surface area contributed by atoms with Crippen LogP contribution in [-0.4, -0.2) is 10.9 Å². The molecule has 2 rings (SSSR count). The number of benzene rings is 1. The number of carbonyl (C=O) groups is 1. The van der Waals surface area contributed by atoms with E-state index in [9.17, 15) is 4.79 Å². The first-order valence-electron chi connectivity index (χ1n) is 5.54. The first-order valence-corrected chi connectivity index (χ1v) is 5.91. The Morgan fingerprint density at radius 3 is 2.74 bits per heavy atom. The summed E-state index contributed by atoms with van der Waals surface area (Å²) in [4.78, 5) is 15.8. The largest absolute Gasteiger partial charge is 0.322 e. The van der Waals surface area contributed by atoms with E-state index in [1.807, 2.05) is 13.0 Å². The molecule has 4 nitrogen and oxygen atoms in total. The van der Waals surface area contributed by atoms with Crippen molar-refractivity contribution < 1.29 is 4.79 Å². The fourth-order valence-electron chi connectivity index (χ4n) is 1.56. The zero-order chi connectivity index (χ0) is 13.8. The molecule has 0 radical (unpaired) electrons. The molecule has 0 unspecified atom stereocenters. The van der Waals surface area contributed by atoms with Gasteiger partial charge in [-0.2, -0.15) is 5.26 Å². The number of nitrogens with one attached hydrogen (secondary N) is 1. The van der Waals surface area contributed by atoms with Gasteiger partial charge in [0.2, 0.25) is 0 Å². The van der Waals surface area contributed by atoms with E-state index in [0.717, 1.165) is 5.56 Å². The molecule has 2 aromatic rings. The van der Waals surface area contributed by atoms with E-state index in [1.54, 1.807) is 24.3 Å². The quantitative estimate of drug-likeness (QED) is 0.912. The number of aryl methyl sites for hydroxylation is 1. The highest BCUT2D eigenvalue weighted by atomic mass is 35.5. The van der Waals surface area contributed by atoms with Gasteiger partial charge in [0.05, 0.1) is 5.56 Å². The molecule has 19 heavy (non-hydrogen) atoms. The lowest BCUT2D eigenvalue weighted by atomic mass is 10.2. The van der Waals surface area contributed by atoms with Gasteiger partial charge in [0.1, 0.15) is 11.8 Å². The van der Waals surface area contributed by atoms with Crippen molar-refractivity contribution in [1.29, 1.82) is 5.26 Å². The predicted molar refractivity (Wildman–Crippen MR) is 73.1 cm³/mol. The standard InChI is InChI=1S/C14H10ClN3O/c1-9-6-11(15)3-5-13(9)18-14(19)10-2-4-12(7-16)17-8-10/h2-6,8H,1H3,(H,18,19). The maximum atomic E-state index is 12.0. The minimum Gasteiger partial charge on any atom is -0.322 e. The summed E-state index contributed by atoms with van der Waals surface area (Å²) in [5.41, 5.74) is 2.24. The van der Waals surface area contributed by atoms with Crippen LogP contribution in [0.5, 0.6) is 0 Å². The average molecular weight is 272 g/mol.